The molecule has 7 aromatic rings. The zero-order valence-corrected chi connectivity index (χ0v) is 39.0. The average Bonchev–Trinajstić information content (AvgIpc) is 3.45. The van der Waals surface area contributed by atoms with Gasteiger partial charge in [0.05, 0.1) is 13.7 Å². The van der Waals surface area contributed by atoms with Gasteiger partial charge in [-0.25, -0.2) is 4.98 Å². The van der Waals surface area contributed by atoms with Crippen molar-refractivity contribution in [2.75, 3.05) is 0 Å². The Labute approximate surface area is 350 Å². The minimum atomic E-state index is -1.37. The van der Waals surface area contributed by atoms with Gasteiger partial charge in [0.2, 0.25) is 5.71 Å². The van der Waals surface area contributed by atoms with Crippen LogP contribution in [0.2, 0.25) is 19.6 Å². The molecule has 0 aliphatic heterocycles. The first-order valence-corrected chi connectivity index (χ1v) is 23.0. The predicted octanol–water partition coefficient (Wildman–Crippen LogP) is 13.0. The average molecular weight is 936 g/mol. The molecular weight excluding hydrogens is 879 g/mol. The van der Waals surface area contributed by atoms with E-state index in [1.165, 1.54) is 44.1 Å². The number of nitrogens with zero attached hydrogens (tertiary/aromatic N) is 3. The van der Waals surface area contributed by atoms with Crippen molar-refractivity contribution in [2.24, 2.45) is 10.8 Å². The third-order valence-electron chi connectivity index (χ3n) is 9.94. The van der Waals surface area contributed by atoms with Crippen LogP contribution in [-0.2, 0) is 32.9 Å². The van der Waals surface area contributed by atoms with Crippen molar-refractivity contribution in [2.45, 2.75) is 102 Å². The second kappa shape index (κ2) is 16.7. The number of hydrogen-bond acceptors (Lipinski definition) is 4. The summed E-state index contributed by atoms with van der Waals surface area (Å²) in [5, 5.41) is 3.54. The van der Waals surface area contributed by atoms with Crippen molar-refractivity contribution >= 4 is 35.3 Å². The number of furan rings is 1. The van der Waals surface area contributed by atoms with Crippen molar-refractivity contribution in [1.82, 2.24) is 15.0 Å². The third kappa shape index (κ3) is 10.2. The van der Waals surface area contributed by atoms with Crippen LogP contribution in [0.15, 0.2) is 89.7 Å². The molecule has 56 heavy (non-hydrogen) atoms. The molecule has 0 aliphatic rings. The Kier molecular flexibility index (Phi) is 12.8. The third-order valence-corrected chi connectivity index (χ3v) is 12.0. The van der Waals surface area contributed by atoms with Crippen LogP contribution in [0.1, 0.15) is 74.9 Å². The summed E-state index contributed by atoms with van der Waals surface area (Å²) >= 11 is 0. The smallest absolute Gasteiger partial charge is 0.216 e. The van der Waals surface area contributed by atoms with Crippen molar-refractivity contribution in [3.63, 3.8) is 0 Å². The Balaban J connectivity index is 0.000000236. The normalized spacial score (nSPS) is 12.0. The largest absolute Gasteiger partial charge is 0.486 e. The maximum atomic E-state index is 6.06. The second-order valence-electron chi connectivity index (χ2n) is 18.8. The number of benzene rings is 3. The van der Waals surface area contributed by atoms with Gasteiger partial charge >= 0.3 is 0 Å². The van der Waals surface area contributed by atoms with Gasteiger partial charge in [0, 0.05) is 49.6 Å². The number of aromatic nitrogens is 3. The molecule has 4 nitrogen and oxygen atoms in total. The first-order chi connectivity index (χ1) is 25.8. The molecule has 0 saturated heterocycles. The SMILES string of the molecule is CC(C)(C)Cc1cc(-c2[c-]cccc2)ncc1[Si](C)(C)C.Cc1cc(C)c(-c2cnc3oc4c[c-]c(-c5cc(CC(C)(C)C)c(C)cn5)cc4c3c2)c(C)c1.[Ir]. The number of hydrogen-bond donors (Lipinski definition) is 0. The maximum absolute atomic E-state index is 6.06. The monoisotopic (exact) mass is 936 g/mol. The van der Waals surface area contributed by atoms with Crippen molar-refractivity contribution in [3.8, 4) is 33.6 Å². The van der Waals surface area contributed by atoms with E-state index >= 15 is 0 Å². The molecule has 6 heteroatoms. The maximum Gasteiger partial charge on any atom is 0.216 e. The summed E-state index contributed by atoms with van der Waals surface area (Å²) in [5.74, 6) is 0. The Morgan fingerprint density at radius 2 is 1.27 bits per heavy atom. The quantitative estimate of drug-likeness (QED) is 0.123. The van der Waals surface area contributed by atoms with Gasteiger partial charge < -0.3 is 14.4 Å². The summed E-state index contributed by atoms with van der Waals surface area (Å²) in [4.78, 5) is 14.1. The van der Waals surface area contributed by atoms with Gasteiger partial charge in [-0.1, -0.05) is 108 Å². The van der Waals surface area contributed by atoms with Crippen LogP contribution in [-0.4, -0.2) is 23.0 Å². The Morgan fingerprint density at radius 3 is 1.89 bits per heavy atom. The van der Waals surface area contributed by atoms with Gasteiger partial charge in [-0.2, -0.15) is 0 Å². The molecule has 0 bridgehead atoms. The molecular formula is C50H57IrN3OSi-2. The standard InChI is InChI=1S/C31H31N2O.C19H26NSi.Ir/c1-18-10-19(2)29(20(3)11-18)24-13-26-25-12-22(8-9-28(25)34-30(26)33-17-24)27-14-23(15-31(5,6)7)21(4)16-32-27;1-19(2,3)13-16-12-17(15-10-8-7-9-11-15)20-14-18(16)21(4,5)6;/h9-14,16-17H,15H2,1-7H3;7-10,12,14H,13H2,1-6H3;/q2*-1;. The van der Waals surface area contributed by atoms with Crippen molar-refractivity contribution in [3.05, 3.63) is 131 Å². The van der Waals surface area contributed by atoms with Gasteiger partial charge in [0.25, 0.3) is 0 Å². The minimum Gasteiger partial charge on any atom is -0.486 e. The molecule has 7 rings (SSSR count). The first-order valence-electron chi connectivity index (χ1n) is 19.5. The van der Waals surface area contributed by atoms with Gasteiger partial charge in [-0.05, 0) is 96.3 Å². The van der Waals surface area contributed by atoms with E-state index in [4.69, 9.17) is 14.4 Å². The van der Waals surface area contributed by atoms with E-state index in [0.717, 1.165) is 57.3 Å². The summed E-state index contributed by atoms with van der Waals surface area (Å²) in [7, 11) is -1.37. The van der Waals surface area contributed by atoms with E-state index in [9.17, 15) is 0 Å². The van der Waals surface area contributed by atoms with Crippen LogP contribution < -0.4 is 5.19 Å². The van der Waals surface area contributed by atoms with E-state index in [-0.39, 0.29) is 30.9 Å². The molecule has 293 valence electrons. The van der Waals surface area contributed by atoms with Crippen molar-refractivity contribution < 1.29 is 24.5 Å². The fourth-order valence-electron chi connectivity index (χ4n) is 7.59. The van der Waals surface area contributed by atoms with Crippen LogP contribution in [0.3, 0.4) is 0 Å². The summed E-state index contributed by atoms with van der Waals surface area (Å²) in [6.45, 7) is 29.5. The summed E-state index contributed by atoms with van der Waals surface area (Å²) in [5.41, 5.74) is 16.1. The first kappa shape index (κ1) is 42.9. The number of pyridine rings is 3. The van der Waals surface area contributed by atoms with E-state index in [0.29, 0.717) is 5.71 Å². The van der Waals surface area contributed by atoms with Gasteiger partial charge in [-0.3, -0.25) is 0 Å². The van der Waals surface area contributed by atoms with Crippen LogP contribution in [0.4, 0.5) is 0 Å². The Bertz CT molecular complexity index is 2460. The topological polar surface area (TPSA) is 51.8 Å². The molecule has 0 N–H and O–H groups in total. The molecule has 1 radical (unpaired) electrons. The summed E-state index contributed by atoms with van der Waals surface area (Å²) in [6, 6.07) is 29.9. The molecule has 0 spiro atoms. The predicted molar refractivity (Wildman–Crippen MR) is 236 cm³/mol. The van der Waals surface area contributed by atoms with Gasteiger partial charge in [0.1, 0.15) is 0 Å². The van der Waals surface area contributed by atoms with E-state index in [1.807, 2.05) is 36.7 Å². The van der Waals surface area contributed by atoms with Crippen LogP contribution in [0, 0.1) is 50.7 Å². The van der Waals surface area contributed by atoms with E-state index in [1.54, 1.807) is 0 Å². The molecule has 0 saturated carbocycles. The second-order valence-corrected chi connectivity index (χ2v) is 23.8. The summed E-state index contributed by atoms with van der Waals surface area (Å²) in [6.07, 6.45) is 8.11. The fourth-order valence-corrected chi connectivity index (χ4v) is 9.16. The Hall–Kier alpha value is -4.22. The van der Waals surface area contributed by atoms with E-state index < -0.39 is 8.07 Å². The summed E-state index contributed by atoms with van der Waals surface area (Å²) < 4.78 is 6.06. The van der Waals surface area contributed by atoms with Crippen LogP contribution >= 0.6 is 0 Å². The zero-order chi connectivity index (χ0) is 39.9. The molecule has 3 aromatic carbocycles. The Morgan fingerprint density at radius 1 is 0.643 bits per heavy atom. The number of aryl methyl sites for hydroxylation is 4. The van der Waals surface area contributed by atoms with Crippen LogP contribution in [0.25, 0.3) is 55.7 Å². The molecule has 0 fully saturated rings. The van der Waals surface area contributed by atoms with Gasteiger partial charge in [0.15, 0.2) is 0 Å². The zero-order valence-electron chi connectivity index (χ0n) is 35.6. The molecule has 0 amide bonds. The number of rotatable bonds is 6. The molecule has 4 heterocycles. The molecule has 0 unspecified atom stereocenters. The molecule has 4 aromatic heterocycles. The van der Waals surface area contributed by atoms with Crippen molar-refractivity contribution in [1.29, 1.82) is 0 Å². The number of fused-ring (bicyclic) bond motifs is 3. The molecule has 0 aliphatic carbocycles. The molecule has 0 atom stereocenters. The van der Waals surface area contributed by atoms with Crippen LogP contribution in [0.5, 0.6) is 0 Å². The fraction of sp³-hybridized carbons (Fsp3) is 0.340. The minimum absolute atomic E-state index is 0. The van der Waals surface area contributed by atoms with Gasteiger partial charge in [-0.15, -0.1) is 59.7 Å². The van der Waals surface area contributed by atoms with E-state index in [2.05, 4.69) is 155 Å².